The molecule has 0 aliphatic rings. The first-order valence-electron chi connectivity index (χ1n) is 39.5. The van der Waals surface area contributed by atoms with Crippen molar-refractivity contribution in [3.05, 3.63) is 400 Å². The fourth-order valence-electron chi connectivity index (χ4n) is 18.5. The Morgan fingerprint density at radius 1 is 0.216 bits per heavy atom. The summed E-state index contributed by atoms with van der Waals surface area (Å²) in [6, 6.07) is 145. The van der Waals surface area contributed by atoms with Crippen LogP contribution in [0.2, 0.25) is 0 Å². The van der Waals surface area contributed by atoms with Gasteiger partial charge in [0.1, 0.15) is 10.5 Å². The molecule has 8 heteroatoms. The minimum Gasteiger partial charge on any atom is -0.436 e. The average molecular weight is 1500 g/mol. The van der Waals surface area contributed by atoms with Gasteiger partial charge in [-0.05, 0) is 217 Å². The molecule has 116 heavy (non-hydrogen) atoms. The molecular formula is C108H66N6OS. The number of nitrogens with zero attached hydrogens (tertiary/aromatic N) is 6. The van der Waals surface area contributed by atoms with Gasteiger partial charge in [-0.25, -0.2) is 9.97 Å². The molecule has 0 saturated heterocycles. The Morgan fingerprint density at radius 2 is 0.569 bits per heavy atom. The fraction of sp³-hybridized carbons (Fsp3) is 0. The van der Waals surface area contributed by atoms with Crippen LogP contribution >= 0.6 is 11.3 Å². The third-order valence-electron chi connectivity index (χ3n) is 23.8. The van der Waals surface area contributed by atoms with E-state index < -0.39 is 0 Å². The van der Waals surface area contributed by atoms with E-state index in [0.717, 1.165) is 71.4 Å². The van der Waals surface area contributed by atoms with Crippen LogP contribution in [0.5, 0.6) is 0 Å². The van der Waals surface area contributed by atoms with Crippen molar-refractivity contribution in [3.8, 4) is 78.2 Å². The monoisotopic (exact) mass is 1490 g/mol. The molecule has 0 bridgehead atoms. The summed E-state index contributed by atoms with van der Waals surface area (Å²) in [4.78, 5) is 10.1. The molecule has 0 amide bonds. The van der Waals surface area contributed by atoms with E-state index in [-0.39, 0.29) is 0 Å². The lowest BCUT2D eigenvalue weighted by atomic mass is 9.96. The summed E-state index contributed by atoms with van der Waals surface area (Å²) in [5, 5.41) is 20.6. The van der Waals surface area contributed by atoms with Crippen LogP contribution in [0.25, 0.3) is 230 Å². The van der Waals surface area contributed by atoms with E-state index in [9.17, 15) is 0 Å². The van der Waals surface area contributed by atoms with Crippen molar-refractivity contribution in [1.29, 1.82) is 0 Å². The van der Waals surface area contributed by atoms with Gasteiger partial charge in [0.05, 0.1) is 54.4 Å². The first-order chi connectivity index (χ1) is 57.5. The van der Waals surface area contributed by atoms with Crippen LogP contribution in [0.1, 0.15) is 0 Å². The summed E-state index contributed by atoms with van der Waals surface area (Å²) in [6.45, 7) is 0. The second-order valence-corrected chi connectivity index (χ2v) is 31.3. The molecule has 6 aromatic heterocycles. The maximum absolute atomic E-state index is 6.27. The van der Waals surface area contributed by atoms with Crippen molar-refractivity contribution >= 4 is 163 Å². The van der Waals surface area contributed by atoms with Crippen LogP contribution in [-0.2, 0) is 0 Å². The number of para-hydroxylation sites is 6. The first-order valence-corrected chi connectivity index (χ1v) is 40.3. The number of fused-ring (bicyclic) bond motifs is 22. The lowest BCUT2D eigenvalue weighted by molar-refractivity contribution is 0.620. The molecule has 0 atom stereocenters. The lowest BCUT2D eigenvalue weighted by Gasteiger charge is -2.12. The summed E-state index contributed by atoms with van der Waals surface area (Å²) < 4.78 is 17.1. The van der Waals surface area contributed by atoms with E-state index in [1.54, 1.807) is 11.3 Å². The molecule has 7 nitrogen and oxygen atoms in total. The van der Waals surface area contributed by atoms with Crippen molar-refractivity contribution in [2.75, 3.05) is 0 Å². The highest BCUT2D eigenvalue weighted by Gasteiger charge is 2.22. The van der Waals surface area contributed by atoms with Crippen LogP contribution < -0.4 is 0 Å². The molecule has 0 aliphatic carbocycles. The maximum Gasteiger partial charge on any atom is 0.227 e. The summed E-state index contributed by atoms with van der Waals surface area (Å²) >= 11 is 1.78. The number of oxazole rings is 1. The second kappa shape index (κ2) is 26.2. The van der Waals surface area contributed by atoms with Gasteiger partial charge >= 0.3 is 0 Å². The van der Waals surface area contributed by atoms with Crippen LogP contribution in [0, 0.1) is 0 Å². The Balaban J connectivity index is 0.000000134. The Bertz CT molecular complexity index is 8260. The smallest absolute Gasteiger partial charge is 0.227 e. The second-order valence-electron chi connectivity index (χ2n) is 30.3. The molecule has 6 heterocycles. The zero-order chi connectivity index (χ0) is 76.1. The topological polar surface area (TPSA) is 58.6 Å². The molecule has 540 valence electrons. The molecule has 0 aliphatic heterocycles. The van der Waals surface area contributed by atoms with E-state index in [1.807, 2.05) is 36.4 Å². The third kappa shape index (κ3) is 10.4. The maximum atomic E-state index is 6.27. The molecule has 25 rings (SSSR count). The van der Waals surface area contributed by atoms with Crippen LogP contribution in [-0.4, -0.2) is 28.2 Å². The SMILES string of the molecule is c1ccc(-c2nc3c(ccc4ccc5cc(-n6c7ccccc7c7cc(-c8ccc(-n9c%10ccccc%10c%10ccccc%109)cc8)ccc76)ccc5c43)o2)cc1.c1ccc(-c2nc3ccc4ccc5cc(-c6ccc7c(c6)c6cc(-c8ccc9c(c8)c8ccccc8n9-c8ccccc8)ccc6n7-c6ccccc6)ccc5c4c3s2)cc1. The number of benzene rings is 19. The van der Waals surface area contributed by atoms with Gasteiger partial charge in [0, 0.05) is 87.7 Å². The zero-order valence-corrected chi connectivity index (χ0v) is 63.4. The zero-order valence-electron chi connectivity index (χ0n) is 62.6. The third-order valence-corrected chi connectivity index (χ3v) is 25.0. The van der Waals surface area contributed by atoms with E-state index in [0.29, 0.717) is 5.89 Å². The van der Waals surface area contributed by atoms with Gasteiger partial charge in [0.25, 0.3) is 0 Å². The molecule has 0 unspecified atom stereocenters. The van der Waals surface area contributed by atoms with E-state index >= 15 is 0 Å². The summed E-state index contributed by atoms with van der Waals surface area (Å²) in [7, 11) is 0. The Hall–Kier alpha value is -15.2. The molecule has 0 radical (unpaired) electrons. The number of rotatable bonds is 9. The van der Waals surface area contributed by atoms with Crippen LogP contribution in [0.15, 0.2) is 405 Å². The minimum absolute atomic E-state index is 0.639. The highest BCUT2D eigenvalue weighted by Crippen LogP contribution is 2.45. The first kappa shape index (κ1) is 65.5. The van der Waals surface area contributed by atoms with Crippen molar-refractivity contribution in [3.63, 3.8) is 0 Å². The van der Waals surface area contributed by atoms with E-state index in [1.165, 1.54) is 153 Å². The van der Waals surface area contributed by atoms with Crippen molar-refractivity contribution < 1.29 is 4.42 Å². The predicted molar refractivity (Wildman–Crippen MR) is 488 cm³/mol. The number of hydrogen-bond acceptors (Lipinski definition) is 4. The lowest BCUT2D eigenvalue weighted by Crippen LogP contribution is -1.94. The summed E-state index contributed by atoms with van der Waals surface area (Å²) in [5.74, 6) is 0.639. The van der Waals surface area contributed by atoms with Gasteiger partial charge in [-0.15, -0.1) is 11.3 Å². The number of thiazole rings is 1. The summed E-state index contributed by atoms with van der Waals surface area (Å²) in [6.07, 6.45) is 0. The van der Waals surface area contributed by atoms with Gasteiger partial charge < -0.3 is 22.7 Å². The van der Waals surface area contributed by atoms with Gasteiger partial charge in [-0.2, -0.15) is 0 Å². The Kier molecular flexibility index (Phi) is 14.8. The Labute approximate surface area is 669 Å². The highest BCUT2D eigenvalue weighted by atomic mass is 32.1. The van der Waals surface area contributed by atoms with Crippen molar-refractivity contribution in [2.45, 2.75) is 0 Å². The van der Waals surface area contributed by atoms with E-state index in [2.05, 4.69) is 382 Å². The van der Waals surface area contributed by atoms with Gasteiger partial charge in [-0.1, -0.05) is 249 Å². The van der Waals surface area contributed by atoms with Crippen molar-refractivity contribution in [1.82, 2.24) is 28.2 Å². The average Bonchev–Trinajstić information content (AvgIpc) is 1.53. The van der Waals surface area contributed by atoms with Crippen molar-refractivity contribution in [2.24, 2.45) is 0 Å². The number of hydrogen-bond donors (Lipinski definition) is 0. The summed E-state index contributed by atoms with van der Waals surface area (Å²) in [5.41, 5.74) is 26.3. The van der Waals surface area contributed by atoms with Crippen LogP contribution in [0.4, 0.5) is 0 Å². The van der Waals surface area contributed by atoms with Crippen LogP contribution in [0.3, 0.4) is 0 Å². The van der Waals surface area contributed by atoms with Gasteiger partial charge in [0.15, 0.2) is 5.58 Å². The van der Waals surface area contributed by atoms with E-state index in [4.69, 9.17) is 14.4 Å². The Morgan fingerprint density at radius 3 is 1.10 bits per heavy atom. The molecule has 0 N–H and O–H groups in total. The fourth-order valence-corrected chi connectivity index (χ4v) is 19.6. The number of aromatic nitrogens is 6. The quantitative estimate of drug-likeness (QED) is 0.135. The standard InChI is InChI=1S/C57H35N3S.C51H31N3O/c1-4-12-37(13-5-1)57-58-50-28-23-36-20-21-42-32-38(22-27-45(42)55(36)56(50)61-57)39-24-30-53-48(34-39)49-35-41(26-31-54(49)60(53)44-16-8-3-9-17-44)40-25-29-52-47(33-40)46-18-10-11-19-51(46)59(52)43-14-6-2-7-15-43;1-2-10-34(11-3-1)51-52-50-48(55-51)29-23-33-18-19-36-30-38(26-27-39(36)49(33)50)54-46-17-9-6-14-42(46)43-31-35(22-28-47(43)54)32-20-24-37(25-21-32)53-44-15-7-4-12-40(44)41-13-5-8-16-45(41)53/h1-35H;1-31H. The molecule has 0 spiro atoms. The normalized spacial score (nSPS) is 12.0. The minimum atomic E-state index is 0.639. The molecule has 0 fully saturated rings. The van der Waals surface area contributed by atoms with Gasteiger partial charge in [0.2, 0.25) is 5.89 Å². The molecular weight excluding hydrogens is 1430 g/mol. The molecule has 25 aromatic rings. The van der Waals surface area contributed by atoms with Gasteiger partial charge in [-0.3, -0.25) is 0 Å². The largest absolute Gasteiger partial charge is 0.436 e. The molecule has 19 aromatic carbocycles. The predicted octanol–water partition coefficient (Wildman–Crippen LogP) is 29.5. The molecule has 0 saturated carbocycles. The highest BCUT2D eigenvalue weighted by molar-refractivity contribution is 7.22.